The van der Waals surface area contributed by atoms with Crippen LogP contribution in [0.2, 0.25) is 0 Å². The first-order chi connectivity index (χ1) is 9.19. The quantitative estimate of drug-likeness (QED) is 0.911. The van der Waals surface area contributed by atoms with Crippen molar-refractivity contribution in [1.29, 1.82) is 0 Å². The molecule has 1 aromatic rings. The van der Waals surface area contributed by atoms with Gasteiger partial charge < -0.3 is 14.6 Å². The Balaban J connectivity index is 1.62. The third-order valence-electron chi connectivity index (χ3n) is 4.18. The number of nitrogens with one attached hydrogen (secondary N) is 1. The molecular formula is C13H22N4OS. The van der Waals surface area contributed by atoms with Crippen LogP contribution in [0.25, 0.3) is 0 Å². The van der Waals surface area contributed by atoms with E-state index in [1.54, 1.807) is 6.33 Å². The second-order valence-corrected chi connectivity index (χ2v) is 6.82. The highest BCUT2D eigenvalue weighted by Crippen LogP contribution is 2.38. The average Bonchev–Trinajstić information content (AvgIpc) is 2.99. The molecule has 1 spiro atoms. The molecule has 0 aromatic carbocycles. The van der Waals surface area contributed by atoms with Crippen molar-refractivity contribution in [3.05, 3.63) is 12.2 Å². The van der Waals surface area contributed by atoms with E-state index in [1.807, 2.05) is 23.4 Å². The van der Waals surface area contributed by atoms with E-state index in [2.05, 4.69) is 22.4 Å². The Kier molecular flexibility index (Phi) is 3.82. The Hall–Kier alpha value is -0.590. The van der Waals surface area contributed by atoms with Crippen molar-refractivity contribution in [1.82, 2.24) is 20.1 Å². The van der Waals surface area contributed by atoms with Gasteiger partial charge in [-0.3, -0.25) is 0 Å². The van der Waals surface area contributed by atoms with Gasteiger partial charge in [-0.15, -0.1) is 10.2 Å². The van der Waals surface area contributed by atoms with Crippen LogP contribution < -0.4 is 5.32 Å². The fraction of sp³-hybridized carbons (Fsp3) is 0.846. The number of thioether (sulfide) groups is 1. The first kappa shape index (κ1) is 13.4. The van der Waals surface area contributed by atoms with Crippen LogP contribution in [-0.2, 0) is 11.8 Å². The molecule has 0 amide bonds. The highest BCUT2D eigenvalue weighted by molar-refractivity contribution is 7.99. The minimum absolute atomic E-state index is 0.139. The van der Waals surface area contributed by atoms with Crippen molar-refractivity contribution in [2.45, 2.75) is 43.9 Å². The number of aryl methyl sites for hydroxylation is 1. The van der Waals surface area contributed by atoms with E-state index in [1.165, 1.54) is 12.2 Å². The Labute approximate surface area is 118 Å². The molecule has 3 heterocycles. The summed E-state index contributed by atoms with van der Waals surface area (Å²) in [6.45, 7) is 3.04. The summed E-state index contributed by atoms with van der Waals surface area (Å²) in [6.07, 6.45) is 5.18. The third kappa shape index (κ3) is 2.80. The van der Waals surface area contributed by atoms with Gasteiger partial charge in [-0.1, -0.05) is 0 Å². The van der Waals surface area contributed by atoms with Gasteiger partial charge in [0.1, 0.15) is 12.2 Å². The summed E-state index contributed by atoms with van der Waals surface area (Å²) in [6, 6.07) is 0.765. The maximum absolute atomic E-state index is 6.06. The lowest BCUT2D eigenvalue weighted by molar-refractivity contribution is -0.0713. The van der Waals surface area contributed by atoms with E-state index in [0.717, 1.165) is 31.0 Å². The van der Waals surface area contributed by atoms with Crippen LogP contribution in [0.3, 0.4) is 0 Å². The number of rotatable bonds is 3. The van der Waals surface area contributed by atoms with Gasteiger partial charge in [0.05, 0.1) is 11.6 Å². The van der Waals surface area contributed by atoms with Crippen molar-refractivity contribution in [2.24, 2.45) is 7.05 Å². The van der Waals surface area contributed by atoms with Crippen LogP contribution in [0, 0.1) is 0 Å². The summed E-state index contributed by atoms with van der Waals surface area (Å²) >= 11 is 2.02. The van der Waals surface area contributed by atoms with Crippen LogP contribution in [0.4, 0.5) is 0 Å². The predicted octanol–water partition coefficient (Wildman–Crippen LogP) is 1.52. The van der Waals surface area contributed by atoms with Gasteiger partial charge in [0.15, 0.2) is 0 Å². The van der Waals surface area contributed by atoms with Crippen molar-refractivity contribution < 1.29 is 4.74 Å². The molecule has 2 fully saturated rings. The molecule has 0 bridgehead atoms. The minimum atomic E-state index is 0.139. The molecule has 0 radical (unpaired) electrons. The maximum Gasteiger partial charge on any atom is 0.149 e. The summed E-state index contributed by atoms with van der Waals surface area (Å²) < 4.78 is 8.04. The average molecular weight is 282 g/mol. The van der Waals surface area contributed by atoms with Gasteiger partial charge in [-0.2, -0.15) is 11.8 Å². The molecule has 2 saturated heterocycles. The largest absolute Gasteiger partial charge is 0.374 e. The zero-order valence-corrected chi connectivity index (χ0v) is 12.4. The Morgan fingerprint density at radius 1 is 1.63 bits per heavy atom. The minimum Gasteiger partial charge on any atom is -0.374 e. The lowest BCUT2D eigenvalue weighted by Gasteiger charge is -2.39. The summed E-state index contributed by atoms with van der Waals surface area (Å²) in [4.78, 5) is 0. The van der Waals surface area contributed by atoms with Crippen molar-refractivity contribution >= 4 is 11.8 Å². The molecule has 0 aliphatic carbocycles. The SMILES string of the molecule is CC(NC1CCOC2(CCSC2)C1)c1nncn1C. The zero-order valence-electron chi connectivity index (χ0n) is 11.6. The standard InChI is InChI=1S/C13H22N4OS/c1-10(12-16-14-9-17(12)2)15-11-3-5-18-13(7-11)4-6-19-8-13/h9-11,15H,3-8H2,1-2H3. The zero-order chi connectivity index (χ0) is 13.3. The lowest BCUT2D eigenvalue weighted by Crippen LogP contribution is -2.47. The summed E-state index contributed by atoms with van der Waals surface area (Å²) in [7, 11) is 1.99. The summed E-state index contributed by atoms with van der Waals surface area (Å²) in [5.41, 5.74) is 0.139. The van der Waals surface area contributed by atoms with E-state index < -0.39 is 0 Å². The molecule has 5 nitrogen and oxygen atoms in total. The van der Waals surface area contributed by atoms with Crippen LogP contribution in [0.1, 0.15) is 38.1 Å². The molecular weight excluding hydrogens is 260 g/mol. The van der Waals surface area contributed by atoms with E-state index in [0.29, 0.717) is 6.04 Å². The maximum atomic E-state index is 6.06. The highest BCUT2D eigenvalue weighted by atomic mass is 32.2. The van der Waals surface area contributed by atoms with Crippen LogP contribution in [0.5, 0.6) is 0 Å². The van der Waals surface area contributed by atoms with Crippen LogP contribution >= 0.6 is 11.8 Å². The fourth-order valence-electron chi connectivity index (χ4n) is 3.15. The molecule has 6 heteroatoms. The molecule has 106 valence electrons. The molecule has 19 heavy (non-hydrogen) atoms. The van der Waals surface area contributed by atoms with Crippen molar-refractivity contribution in [2.75, 3.05) is 18.1 Å². The number of hydrogen-bond acceptors (Lipinski definition) is 5. The second-order valence-electron chi connectivity index (χ2n) is 5.71. The highest BCUT2D eigenvalue weighted by Gasteiger charge is 2.40. The first-order valence-corrected chi connectivity index (χ1v) is 8.16. The van der Waals surface area contributed by atoms with Gasteiger partial charge in [-0.05, 0) is 31.9 Å². The topological polar surface area (TPSA) is 52.0 Å². The van der Waals surface area contributed by atoms with E-state index >= 15 is 0 Å². The van der Waals surface area contributed by atoms with E-state index in [9.17, 15) is 0 Å². The molecule has 1 N–H and O–H groups in total. The van der Waals surface area contributed by atoms with E-state index in [-0.39, 0.29) is 11.6 Å². The Morgan fingerprint density at radius 2 is 2.53 bits per heavy atom. The molecule has 0 saturated carbocycles. The lowest BCUT2D eigenvalue weighted by atomic mass is 9.89. The monoisotopic (exact) mass is 282 g/mol. The summed E-state index contributed by atoms with van der Waals surface area (Å²) in [5, 5.41) is 11.8. The van der Waals surface area contributed by atoms with Crippen LogP contribution in [-0.4, -0.2) is 44.5 Å². The molecule has 3 rings (SSSR count). The number of nitrogens with zero attached hydrogens (tertiary/aromatic N) is 3. The number of hydrogen-bond donors (Lipinski definition) is 1. The Bertz CT molecular complexity index is 430. The van der Waals surface area contributed by atoms with E-state index in [4.69, 9.17) is 4.74 Å². The fourth-order valence-corrected chi connectivity index (χ4v) is 4.52. The second kappa shape index (κ2) is 5.42. The molecule has 2 aliphatic heterocycles. The van der Waals surface area contributed by atoms with Crippen LogP contribution in [0.15, 0.2) is 6.33 Å². The van der Waals surface area contributed by atoms with Gasteiger partial charge >= 0.3 is 0 Å². The Morgan fingerprint density at radius 3 is 3.21 bits per heavy atom. The smallest absolute Gasteiger partial charge is 0.149 e. The van der Waals surface area contributed by atoms with Gasteiger partial charge in [0, 0.05) is 25.4 Å². The molecule has 2 aliphatic rings. The van der Waals surface area contributed by atoms with Crippen molar-refractivity contribution in [3.63, 3.8) is 0 Å². The predicted molar refractivity (Wildman–Crippen MR) is 76.2 cm³/mol. The van der Waals surface area contributed by atoms with Gasteiger partial charge in [0.25, 0.3) is 0 Å². The molecule has 1 aromatic heterocycles. The van der Waals surface area contributed by atoms with Gasteiger partial charge in [0.2, 0.25) is 0 Å². The van der Waals surface area contributed by atoms with Gasteiger partial charge in [-0.25, -0.2) is 0 Å². The van der Waals surface area contributed by atoms with Crippen molar-refractivity contribution in [3.8, 4) is 0 Å². The number of ether oxygens (including phenoxy) is 1. The summed E-state index contributed by atoms with van der Waals surface area (Å²) in [5.74, 6) is 3.40. The normalized spacial score (nSPS) is 32.8. The number of aromatic nitrogens is 3. The third-order valence-corrected chi connectivity index (χ3v) is 5.40. The molecule has 3 atom stereocenters. The first-order valence-electron chi connectivity index (χ1n) is 7.00. The molecule has 3 unspecified atom stereocenters.